The van der Waals surface area contributed by atoms with Gasteiger partial charge in [0.1, 0.15) is 17.8 Å². The van der Waals surface area contributed by atoms with Crippen LogP contribution in [0, 0.1) is 0 Å². The maximum Gasteiger partial charge on any atom is 0.236 e. The summed E-state index contributed by atoms with van der Waals surface area (Å²) >= 11 is 1.43. The summed E-state index contributed by atoms with van der Waals surface area (Å²) in [5.41, 5.74) is 1.02. The standard InChI is InChI=1S/C18H24N4O3S/c1-12(26-18-20-19-11-21(18)2)17(23)22-9-5-6-15(22)14-8-7-13(24-3)10-16(14)25-4/h7-8,10-12,15H,5-6,9H2,1-4H3/t12-,15-/m1/s1. The van der Waals surface area contributed by atoms with E-state index in [-0.39, 0.29) is 17.2 Å². The second-order valence-corrected chi connectivity index (χ2v) is 7.59. The minimum Gasteiger partial charge on any atom is -0.497 e. The Kier molecular flexibility index (Phi) is 5.70. The maximum atomic E-state index is 13.1. The lowest BCUT2D eigenvalue weighted by Crippen LogP contribution is -2.36. The fraction of sp³-hybridized carbons (Fsp3) is 0.500. The highest BCUT2D eigenvalue weighted by molar-refractivity contribution is 8.00. The Balaban J connectivity index is 1.79. The first-order valence-electron chi connectivity index (χ1n) is 8.58. The van der Waals surface area contributed by atoms with Gasteiger partial charge in [0.25, 0.3) is 0 Å². The lowest BCUT2D eigenvalue weighted by atomic mass is 10.0. The number of aromatic nitrogens is 3. The molecule has 0 spiro atoms. The highest BCUT2D eigenvalue weighted by Gasteiger charge is 2.34. The first kappa shape index (κ1) is 18.6. The second-order valence-electron chi connectivity index (χ2n) is 6.28. The highest BCUT2D eigenvalue weighted by atomic mass is 32.2. The Morgan fingerprint density at radius 2 is 2.15 bits per heavy atom. The number of carbonyl (C=O) groups excluding carboxylic acids is 1. The van der Waals surface area contributed by atoms with E-state index in [0.717, 1.165) is 41.6 Å². The van der Waals surface area contributed by atoms with Gasteiger partial charge in [0.05, 0.1) is 25.5 Å². The zero-order valence-electron chi connectivity index (χ0n) is 15.5. The van der Waals surface area contributed by atoms with Crippen LogP contribution in [-0.4, -0.2) is 51.6 Å². The Bertz CT molecular complexity index is 780. The minimum atomic E-state index is -0.234. The molecule has 0 aliphatic carbocycles. The number of thioether (sulfide) groups is 1. The van der Waals surface area contributed by atoms with Crippen molar-refractivity contribution in [2.24, 2.45) is 7.05 Å². The number of ether oxygens (including phenoxy) is 2. The maximum absolute atomic E-state index is 13.1. The monoisotopic (exact) mass is 376 g/mol. The van der Waals surface area contributed by atoms with Crippen LogP contribution in [0.1, 0.15) is 31.4 Å². The van der Waals surface area contributed by atoms with E-state index in [1.54, 1.807) is 20.5 Å². The van der Waals surface area contributed by atoms with Crippen LogP contribution in [0.4, 0.5) is 0 Å². The van der Waals surface area contributed by atoms with Crippen molar-refractivity contribution in [1.82, 2.24) is 19.7 Å². The van der Waals surface area contributed by atoms with E-state index in [2.05, 4.69) is 10.2 Å². The molecule has 1 saturated heterocycles. The van der Waals surface area contributed by atoms with Crippen LogP contribution in [0.25, 0.3) is 0 Å². The molecule has 1 aromatic heterocycles. The summed E-state index contributed by atoms with van der Waals surface area (Å²) in [5, 5.41) is 8.44. The van der Waals surface area contributed by atoms with Crippen molar-refractivity contribution in [2.75, 3.05) is 20.8 Å². The Morgan fingerprint density at radius 1 is 1.35 bits per heavy atom. The van der Waals surface area contributed by atoms with Crippen LogP contribution in [0.3, 0.4) is 0 Å². The first-order chi connectivity index (χ1) is 12.5. The van der Waals surface area contributed by atoms with E-state index in [0.29, 0.717) is 0 Å². The van der Waals surface area contributed by atoms with Crippen LogP contribution in [-0.2, 0) is 11.8 Å². The molecule has 3 rings (SSSR count). The predicted octanol–water partition coefficient (Wildman–Crippen LogP) is 2.68. The molecule has 1 aliphatic rings. The van der Waals surface area contributed by atoms with E-state index in [1.807, 2.05) is 41.6 Å². The Labute approximate surface area is 157 Å². The third-order valence-corrected chi connectivity index (χ3v) is 5.77. The second kappa shape index (κ2) is 7.99. The van der Waals surface area contributed by atoms with Gasteiger partial charge in [-0.25, -0.2) is 0 Å². The van der Waals surface area contributed by atoms with Gasteiger partial charge in [-0.05, 0) is 31.9 Å². The van der Waals surface area contributed by atoms with Crippen molar-refractivity contribution in [3.8, 4) is 11.5 Å². The molecule has 140 valence electrons. The van der Waals surface area contributed by atoms with Gasteiger partial charge in [-0.15, -0.1) is 10.2 Å². The molecule has 1 aliphatic heterocycles. The number of nitrogens with zero attached hydrogens (tertiary/aromatic N) is 4. The van der Waals surface area contributed by atoms with Crippen molar-refractivity contribution >= 4 is 17.7 Å². The molecular weight excluding hydrogens is 352 g/mol. The summed E-state index contributed by atoms with van der Waals surface area (Å²) in [6.07, 6.45) is 3.54. The fourth-order valence-electron chi connectivity index (χ4n) is 3.27. The summed E-state index contributed by atoms with van der Waals surface area (Å²) in [6.45, 7) is 2.67. The van der Waals surface area contributed by atoms with Crippen LogP contribution >= 0.6 is 11.8 Å². The van der Waals surface area contributed by atoms with Gasteiger partial charge in [-0.1, -0.05) is 11.8 Å². The quantitative estimate of drug-likeness (QED) is 0.722. The van der Waals surface area contributed by atoms with E-state index in [9.17, 15) is 4.79 Å². The number of rotatable bonds is 6. The summed E-state index contributed by atoms with van der Waals surface area (Å²) in [5.74, 6) is 1.61. The molecule has 0 saturated carbocycles. The average Bonchev–Trinajstić information content (AvgIpc) is 3.29. The van der Waals surface area contributed by atoms with Gasteiger partial charge in [0.2, 0.25) is 5.91 Å². The van der Waals surface area contributed by atoms with Crippen LogP contribution in [0.15, 0.2) is 29.7 Å². The molecule has 7 nitrogen and oxygen atoms in total. The summed E-state index contributed by atoms with van der Waals surface area (Å²) < 4.78 is 12.6. The van der Waals surface area contributed by atoms with Crippen LogP contribution in [0.5, 0.6) is 11.5 Å². The molecule has 1 aromatic carbocycles. The average molecular weight is 376 g/mol. The topological polar surface area (TPSA) is 69.5 Å². The predicted molar refractivity (Wildman–Crippen MR) is 99.6 cm³/mol. The molecule has 0 unspecified atom stereocenters. The molecule has 8 heteroatoms. The molecule has 0 bridgehead atoms. The SMILES string of the molecule is COc1ccc([C@H]2CCCN2C(=O)[C@@H](C)Sc2nncn2C)c(OC)c1. The lowest BCUT2D eigenvalue weighted by molar-refractivity contribution is -0.131. The van der Waals surface area contributed by atoms with Gasteiger partial charge in [0, 0.05) is 25.2 Å². The zero-order chi connectivity index (χ0) is 18.7. The van der Waals surface area contributed by atoms with Gasteiger partial charge < -0.3 is 18.9 Å². The molecule has 2 atom stereocenters. The van der Waals surface area contributed by atoms with Crippen LogP contribution in [0.2, 0.25) is 0 Å². The summed E-state index contributed by atoms with van der Waals surface area (Å²) in [4.78, 5) is 15.0. The largest absolute Gasteiger partial charge is 0.497 e. The lowest BCUT2D eigenvalue weighted by Gasteiger charge is -2.28. The fourth-order valence-corrected chi connectivity index (χ4v) is 4.13. The molecule has 0 radical (unpaired) electrons. The number of methoxy groups -OCH3 is 2. The molecule has 2 aromatic rings. The number of aryl methyl sites for hydroxylation is 1. The molecule has 0 N–H and O–H groups in total. The third kappa shape index (κ3) is 3.65. The first-order valence-corrected chi connectivity index (χ1v) is 9.46. The van der Waals surface area contributed by atoms with E-state index < -0.39 is 0 Å². The molecule has 1 amide bonds. The normalized spacial score (nSPS) is 18.0. The van der Waals surface area contributed by atoms with E-state index in [4.69, 9.17) is 9.47 Å². The Hall–Kier alpha value is -2.22. The van der Waals surface area contributed by atoms with Crippen molar-refractivity contribution in [3.05, 3.63) is 30.1 Å². The smallest absolute Gasteiger partial charge is 0.236 e. The number of likely N-dealkylation sites (tertiary alicyclic amines) is 1. The molecule has 2 heterocycles. The van der Waals surface area contributed by atoms with Gasteiger partial charge in [-0.2, -0.15) is 0 Å². The number of amides is 1. The van der Waals surface area contributed by atoms with Crippen molar-refractivity contribution in [1.29, 1.82) is 0 Å². The van der Waals surface area contributed by atoms with Crippen molar-refractivity contribution in [2.45, 2.75) is 36.2 Å². The summed E-state index contributed by atoms with van der Waals surface area (Å²) in [6, 6.07) is 5.80. The van der Waals surface area contributed by atoms with E-state index >= 15 is 0 Å². The zero-order valence-corrected chi connectivity index (χ0v) is 16.3. The van der Waals surface area contributed by atoms with Crippen molar-refractivity contribution in [3.63, 3.8) is 0 Å². The number of benzene rings is 1. The number of carbonyl (C=O) groups is 1. The van der Waals surface area contributed by atoms with Gasteiger partial charge >= 0.3 is 0 Å². The van der Waals surface area contributed by atoms with Gasteiger partial charge in [-0.3, -0.25) is 4.79 Å². The van der Waals surface area contributed by atoms with E-state index in [1.165, 1.54) is 11.8 Å². The Morgan fingerprint density at radius 3 is 2.81 bits per heavy atom. The minimum absolute atomic E-state index is 0.0194. The molecule has 26 heavy (non-hydrogen) atoms. The number of hydrogen-bond donors (Lipinski definition) is 0. The van der Waals surface area contributed by atoms with Crippen LogP contribution < -0.4 is 9.47 Å². The highest BCUT2D eigenvalue weighted by Crippen LogP contribution is 2.39. The molecule has 1 fully saturated rings. The van der Waals surface area contributed by atoms with Crippen molar-refractivity contribution < 1.29 is 14.3 Å². The summed E-state index contributed by atoms with van der Waals surface area (Å²) in [7, 11) is 5.15. The third-order valence-electron chi connectivity index (χ3n) is 4.64. The van der Waals surface area contributed by atoms with Gasteiger partial charge in [0.15, 0.2) is 5.16 Å². The number of hydrogen-bond acceptors (Lipinski definition) is 6. The molecular formula is C18H24N4O3S.